The van der Waals surface area contributed by atoms with Crippen LogP contribution in [0.4, 0.5) is 0 Å². The number of benzene rings is 1. The molecule has 0 aliphatic heterocycles. The Hall–Kier alpha value is -0.540. The van der Waals surface area contributed by atoms with Crippen LogP contribution in [0.2, 0.25) is 0 Å². The van der Waals surface area contributed by atoms with E-state index >= 15 is 0 Å². The molecule has 0 amide bonds. The second-order valence-electron chi connectivity index (χ2n) is 3.92. The molecule has 0 radical (unpaired) electrons. The molecule has 0 aromatic heterocycles. The normalized spacial score (nSPS) is 11.3. The molecule has 1 aromatic rings. The first-order valence-corrected chi connectivity index (χ1v) is 6.33. The van der Waals surface area contributed by atoms with Gasteiger partial charge in [0.2, 0.25) is 0 Å². The molecule has 0 spiro atoms. The number of alkyl halides is 1. The van der Waals surface area contributed by atoms with Gasteiger partial charge in [0.1, 0.15) is 5.75 Å². The fourth-order valence-corrected chi connectivity index (χ4v) is 1.97. The molecular weight excluding hydrogens is 254 g/mol. The second kappa shape index (κ2) is 6.13. The SMILES string of the molecule is CC(C)N(CCBr)Cc1cccc(O)c1. The third-order valence-corrected chi connectivity index (χ3v) is 2.75. The van der Waals surface area contributed by atoms with E-state index in [1.54, 1.807) is 6.07 Å². The number of phenols is 1. The van der Waals surface area contributed by atoms with E-state index in [0.29, 0.717) is 11.8 Å². The molecule has 0 fully saturated rings. The first-order valence-electron chi connectivity index (χ1n) is 5.21. The number of phenolic OH excluding ortho intramolecular Hbond substituents is 1. The highest BCUT2D eigenvalue weighted by atomic mass is 79.9. The molecule has 0 heterocycles. The predicted molar refractivity (Wildman–Crippen MR) is 67.4 cm³/mol. The van der Waals surface area contributed by atoms with E-state index in [9.17, 15) is 5.11 Å². The summed E-state index contributed by atoms with van der Waals surface area (Å²) in [6.07, 6.45) is 0. The Labute approximate surface area is 100 Å². The minimum atomic E-state index is 0.343. The van der Waals surface area contributed by atoms with Crippen molar-refractivity contribution in [3.05, 3.63) is 29.8 Å². The Morgan fingerprint density at radius 3 is 2.67 bits per heavy atom. The summed E-state index contributed by atoms with van der Waals surface area (Å²) in [5, 5.41) is 10.3. The van der Waals surface area contributed by atoms with E-state index in [0.717, 1.165) is 24.0 Å². The van der Waals surface area contributed by atoms with Crippen LogP contribution in [-0.4, -0.2) is 27.9 Å². The third kappa shape index (κ3) is 4.22. The summed E-state index contributed by atoms with van der Waals surface area (Å²) < 4.78 is 0. The maximum absolute atomic E-state index is 9.37. The van der Waals surface area contributed by atoms with Gasteiger partial charge in [-0.1, -0.05) is 28.1 Å². The lowest BCUT2D eigenvalue weighted by Gasteiger charge is -2.25. The van der Waals surface area contributed by atoms with Gasteiger partial charge in [0, 0.05) is 24.5 Å². The molecule has 0 aliphatic carbocycles. The molecule has 0 saturated carbocycles. The third-order valence-electron chi connectivity index (χ3n) is 2.40. The van der Waals surface area contributed by atoms with Crippen LogP contribution in [0, 0.1) is 0 Å². The Bertz CT molecular complexity index is 301. The molecule has 0 aliphatic rings. The zero-order chi connectivity index (χ0) is 11.3. The summed E-state index contributed by atoms with van der Waals surface area (Å²) in [4.78, 5) is 2.36. The number of rotatable bonds is 5. The highest BCUT2D eigenvalue weighted by Gasteiger charge is 2.09. The molecule has 1 aromatic carbocycles. The van der Waals surface area contributed by atoms with E-state index in [2.05, 4.69) is 34.7 Å². The number of halogens is 1. The van der Waals surface area contributed by atoms with Crippen LogP contribution in [0.1, 0.15) is 19.4 Å². The number of aromatic hydroxyl groups is 1. The van der Waals surface area contributed by atoms with Crippen molar-refractivity contribution < 1.29 is 5.11 Å². The lowest BCUT2D eigenvalue weighted by molar-refractivity contribution is 0.227. The number of nitrogens with zero attached hydrogens (tertiary/aromatic N) is 1. The van der Waals surface area contributed by atoms with Crippen LogP contribution in [0.15, 0.2) is 24.3 Å². The van der Waals surface area contributed by atoms with Gasteiger partial charge in [-0.2, -0.15) is 0 Å². The Morgan fingerprint density at radius 2 is 2.13 bits per heavy atom. The van der Waals surface area contributed by atoms with E-state index in [1.807, 2.05) is 18.2 Å². The zero-order valence-electron chi connectivity index (χ0n) is 9.28. The standard InChI is InChI=1S/C12H18BrNO/c1-10(2)14(7-6-13)9-11-4-3-5-12(15)8-11/h3-5,8,10,15H,6-7,9H2,1-2H3. The van der Waals surface area contributed by atoms with Crippen molar-refractivity contribution in [2.24, 2.45) is 0 Å². The lowest BCUT2D eigenvalue weighted by atomic mass is 10.2. The van der Waals surface area contributed by atoms with Gasteiger partial charge in [-0.15, -0.1) is 0 Å². The highest BCUT2D eigenvalue weighted by molar-refractivity contribution is 9.09. The average Bonchev–Trinajstić information content (AvgIpc) is 2.17. The van der Waals surface area contributed by atoms with Crippen molar-refractivity contribution in [2.45, 2.75) is 26.4 Å². The van der Waals surface area contributed by atoms with E-state index in [4.69, 9.17) is 0 Å². The second-order valence-corrected chi connectivity index (χ2v) is 4.72. The Morgan fingerprint density at radius 1 is 1.40 bits per heavy atom. The van der Waals surface area contributed by atoms with Crippen LogP contribution in [-0.2, 0) is 6.54 Å². The first kappa shape index (κ1) is 12.5. The number of hydrogen-bond acceptors (Lipinski definition) is 2. The van der Waals surface area contributed by atoms with Crippen molar-refractivity contribution in [1.82, 2.24) is 4.90 Å². The monoisotopic (exact) mass is 271 g/mol. The molecule has 2 nitrogen and oxygen atoms in total. The highest BCUT2D eigenvalue weighted by Crippen LogP contribution is 2.14. The summed E-state index contributed by atoms with van der Waals surface area (Å²) in [6, 6.07) is 7.97. The van der Waals surface area contributed by atoms with Crippen molar-refractivity contribution >= 4 is 15.9 Å². The minimum absolute atomic E-state index is 0.343. The quantitative estimate of drug-likeness (QED) is 0.833. The molecule has 0 atom stereocenters. The Kier molecular flexibility index (Phi) is 5.12. The van der Waals surface area contributed by atoms with Crippen LogP contribution < -0.4 is 0 Å². The zero-order valence-corrected chi connectivity index (χ0v) is 10.9. The van der Waals surface area contributed by atoms with E-state index < -0.39 is 0 Å². The maximum atomic E-state index is 9.37. The molecular formula is C12H18BrNO. The van der Waals surface area contributed by atoms with Crippen LogP contribution in [0.5, 0.6) is 5.75 Å². The van der Waals surface area contributed by atoms with Gasteiger partial charge < -0.3 is 5.11 Å². The molecule has 1 rings (SSSR count). The summed E-state index contributed by atoms with van der Waals surface area (Å²) in [7, 11) is 0. The smallest absolute Gasteiger partial charge is 0.115 e. The molecule has 0 saturated heterocycles. The van der Waals surface area contributed by atoms with Gasteiger partial charge in [-0.25, -0.2) is 0 Å². The molecule has 3 heteroatoms. The van der Waals surface area contributed by atoms with Crippen LogP contribution in [0.3, 0.4) is 0 Å². The summed E-state index contributed by atoms with van der Waals surface area (Å²) in [6.45, 7) is 6.28. The largest absolute Gasteiger partial charge is 0.508 e. The van der Waals surface area contributed by atoms with Gasteiger partial charge in [0.05, 0.1) is 0 Å². The van der Waals surface area contributed by atoms with Crippen molar-refractivity contribution in [1.29, 1.82) is 0 Å². The van der Waals surface area contributed by atoms with E-state index in [1.165, 1.54) is 0 Å². The van der Waals surface area contributed by atoms with Gasteiger partial charge in [-0.05, 0) is 31.5 Å². The number of hydrogen-bond donors (Lipinski definition) is 1. The summed E-state index contributed by atoms with van der Waals surface area (Å²) >= 11 is 3.46. The van der Waals surface area contributed by atoms with Crippen molar-refractivity contribution in [3.63, 3.8) is 0 Å². The van der Waals surface area contributed by atoms with Gasteiger partial charge in [0.25, 0.3) is 0 Å². The van der Waals surface area contributed by atoms with Gasteiger partial charge in [-0.3, -0.25) is 4.90 Å². The molecule has 15 heavy (non-hydrogen) atoms. The molecule has 1 N–H and O–H groups in total. The minimum Gasteiger partial charge on any atom is -0.508 e. The summed E-state index contributed by atoms with van der Waals surface area (Å²) in [5.74, 6) is 0.343. The molecule has 0 unspecified atom stereocenters. The van der Waals surface area contributed by atoms with Crippen LogP contribution >= 0.6 is 15.9 Å². The van der Waals surface area contributed by atoms with E-state index in [-0.39, 0.29) is 0 Å². The van der Waals surface area contributed by atoms with Crippen molar-refractivity contribution in [3.8, 4) is 5.75 Å². The predicted octanol–water partition coefficient (Wildman–Crippen LogP) is 3.00. The fourth-order valence-electron chi connectivity index (χ4n) is 1.52. The first-order chi connectivity index (χ1) is 7.13. The Balaban J connectivity index is 2.65. The lowest BCUT2D eigenvalue weighted by Crippen LogP contribution is -2.31. The topological polar surface area (TPSA) is 23.5 Å². The maximum Gasteiger partial charge on any atom is 0.115 e. The van der Waals surface area contributed by atoms with Crippen LogP contribution in [0.25, 0.3) is 0 Å². The molecule has 0 bridgehead atoms. The van der Waals surface area contributed by atoms with Crippen molar-refractivity contribution in [2.75, 3.05) is 11.9 Å². The fraction of sp³-hybridized carbons (Fsp3) is 0.500. The van der Waals surface area contributed by atoms with Gasteiger partial charge >= 0.3 is 0 Å². The summed E-state index contributed by atoms with van der Waals surface area (Å²) in [5.41, 5.74) is 1.16. The average molecular weight is 272 g/mol. The molecule has 84 valence electrons. The van der Waals surface area contributed by atoms with Gasteiger partial charge in [0.15, 0.2) is 0 Å².